The molecule has 0 fully saturated rings. The minimum atomic E-state index is 0.365. The minimum Gasteiger partial charge on any atom is -0.310 e. The van der Waals surface area contributed by atoms with Crippen LogP contribution in [0.4, 0.5) is 0 Å². The summed E-state index contributed by atoms with van der Waals surface area (Å²) in [5.74, 6) is 0.708. The monoisotopic (exact) mass is 225 g/mol. The molecular formula is C13H23NS. The van der Waals surface area contributed by atoms with Crippen LogP contribution in [0.2, 0.25) is 0 Å². The van der Waals surface area contributed by atoms with E-state index in [4.69, 9.17) is 0 Å². The number of rotatable bonds is 5. The van der Waals surface area contributed by atoms with Crippen molar-refractivity contribution >= 4 is 11.3 Å². The van der Waals surface area contributed by atoms with Crippen molar-refractivity contribution < 1.29 is 0 Å². The average Bonchev–Trinajstić information content (AvgIpc) is 2.66. The topological polar surface area (TPSA) is 12.0 Å². The molecule has 86 valence electrons. The molecule has 0 aliphatic rings. The molecule has 1 heterocycles. The molecule has 0 saturated carbocycles. The van der Waals surface area contributed by atoms with Gasteiger partial charge in [0.05, 0.1) is 0 Å². The van der Waals surface area contributed by atoms with Crippen LogP contribution in [-0.2, 0) is 0 Å². The van der Waals surface area contributed by atoms with Crippen LogP contribution in [0.15, 0.2) is 16.8 Å². The lowest BCUT2D eigenvalue weighted by Gasteiger charge is -2.31. The third-order valence-electron chi connectivity index (χ3n) is 3.47. The lowest BCUT2D eigenvalue weighted by Crippen LogP contribution is -2.34. The first-order valence-electron chi connectivity index (χ1n) is 5.69. The molecule has 1 aromatic heterocycles. The molecule has 0 aliphatic heterocycles. The Morgan fingerprint density at radius 2 is 2.00 bits per heavy atom. The molecule has 1 rings (SSSR count). The van der Waals surface area contributed by atoms with Gasteiger partial charge in [-0.05, 0) is 40.6 Å². The van der Waals surface area contributed by atoms with Crippen LogP contribution in [0.25, 0.3) is 0 Å². The molecular weight excluding hydrogens is 202 g/mol. The highest BCUT2D eigenvalue weighted by Crippen LogP contribution is 2.26. The SMILES string of the molecule is CC(NCC(C)(C)C(C)C)c1ccsc1. The third kappa shape index (κ3) is 3.62. The molecule has 0 bridgehead atoms. The molecule has 0 aromatic carbocycles. The first-order valence-corrected chi connectivity index (χ1v) is 6.63. The largest absolute Gasteiger partial charge is 0.310 e. The van der Waals surface area contributed by atoms with Crippen molar-refractivity contribution in [2.24, 2.45) is 11.3 Å². The van der Waals surface area contributed by atoms with Crippen molar-refractivity contribution in [1.29, 1.82) is 0 Å². The summed E-state index contributed by atoms with van der Waals surface area (Å²) in [6.07, 6.45) is 0. The standard InChI is InChI=1S/C13H23NS/c1-10(2)13(4,5)9-14-11(3)12-6-7-15-8-12/h6-8,10-11,14H,9H2,1-5H3. The third-order valence-corrected chi connectivity index (χ3v) is 4.17. The zero-order chi connectivity index (χ0) is 11.5. The molecule has 1 N–H and O–H groups in total. The van der Waals surface area contributed by atoms with Crippen LogP contribution in [0, 0.1) is 11.3 Å². The van der Waals surface area contributed by atoms with Gasteiger partial charge in [-0.25, -0.2) is 0 Å². The van der Waals surface area contributed by atoms with E-state index in [9.17, 15) is 0 Å². The van der Waals surface area contributed by atoms with Gasteiger partial charge in [0.2, 0.25) is 0 Å². The highest BCUT2D eigenvalue weighted by Gasteiger charge is 2.22. The van der Waals surface area contributed by atoms with Crippen LogP contribution >= 0.6 is 11.3 Å². The Morgan fingerprint density at radius 3 is 2.47 bits per heavy atom. The van der Waals surface area contributed by atoms with Gasteiger partial charge in [-0.3, -0.25) is 0 Å². The van der Waals surface area contributed by atoms with E-state index in [2.05, 4.69) is 56.8 Å². The number of hydrogen-bond donors (Lipinski definition) is 1. The van der Waals surface area contributed by atoms with Crippen LogP contribution in [0.3, 0.4) is 0 Å². The van der Waals surface area contributed by atoms with E-state index < -0.39 is 0 Å². The van der Waals surface area contributed by atoms with E-state index in [1.54, 1.807) is 11.3 Å². The Balaban J connectivity index is 2.44. The quantitative estimate of drug-likeness (QED) is 0.796. The predicted octanol–water partition coefficient (Wildman–Crippen LogP) is 4.08. The summed E-state index contributed by atoms with van der Waals surface area (Å²) in [6, 6.07) is 2.67. The van der Waals surface area contributed by atoms with Gasteiger partial charge in [-0.2, -0.15) is 11.3 Å². The summed E-state index contributed by atoms with van der Waals surface area (Å²) < 4.78 is 0. The summed E-state index contributed by atoms with van der Waals surface area (Å²) in [5.41, 5.74) is 1.77. The zero-order valence-electron chi connectivity index (χ0n) is 10.5. The number of hydrogen-bond acceptors (Lipinski definition) is 2. The molecule has 1 atom stereocenters. The van der Waals surface area contributed by atoms with Crippen LogP contribution in [0.1, 0.15) is 46.2 Å². The molecule has 2 heteroatoms. The number of thiophene rings is 1. The highest BCUT2D eigenvalue weighted by molar-refractivity contribution is 7.07. The molecule has 1 nitrogen and oxygen atoms in total. The second-order valence-electron chi connectivity index (χ2n) is 5.30. The van der Waals surface area contributed by atoms with Crippen molar-refractivity contribution in [3.63, 3.8) is 0 Å². The summed E-state index contributed by atoms with van der Waals surface area (Å²) in [5, 5.41) is 7.98. The maximum Gasteiger partial charge on any atom is 0.0300 e. The van der Waals surface area contributed by atoms with Crippen molar-refractivity contribution in [2.45, 2.75) is 40.7 Å². The Bertz CT molecular complexity index is 275. The maximum absolute atomic E-state index is 3.61. The first kappa shape index (κ1) is 12.7. The molecule has 0 amide bonds. The van der Waals surface area contributed by atoms with E-state index in [0.29, 0.717) is 17.4 Å². The van der Waals surface area contributed by atoms with E-state index in [-0.39, 0.29) is 0 Å². The minimum absolute atomic E-state index is 0.365. The molecule has 0 aliphatic carbocycles. The van der Waals surface area contributed by atoms with E-state index >= 15 is 0 Å². The van der Waals surface area contributed by atoms with Crippen molar-refractivity contribution in [3.8, 4) is 0 Å². The molecule has 0 spiro atoms. The molecule has 0 radical (unpaired) electrons. The van der Waals surface area contributed by atoms with E-state index in [0.717, 1.165) is 6.54 Å². The Hall–Kier alpha value is -0.340. The number of nitrogens with one attached hydrogen (secondary N) is 1. The summed E-state index contributed by atoms with van der Waals surface area (Å²) in [4.78, 5) is 0. The predicted molar refractivity (Wildman–Crippen MR) is 69.4 cm³/mol. The van der Waals surface area contributed by atoms with Gasteiger partial charge < -0.3 is 5.32 Å². The first-order chi connectivity index (χ1) is 6.93. The second kappa shape index (κ2) is 5.13. The summed E-state index contributed by atoms with van der Waals surface area (Å²) in [7, 11) is 0. The van der Waals surface area contributed by atoms with E-state index in [1.165, 1.54) is 5.56 Å². The molecule has 15 heavy (non-hydrogen) atoms. The smallest absolute Gasteiger partial charge is 0.0300 e. The van der Waals surface area contributed by atoms with Crippen molar-refractivity contribution in [1.82, 2.24) is 5.32 Å². The normalized spacial score (nSPS) is 14.5. The fourth-order valence-electron chi connectivity index (χ4n) is 1.26. The Morgan fingerprint density at radius 1 is 1.33 bits per heavy atom. The molecule has 1 unspecified atom stereocenters. The Labute approximate surface area is 97.9 Å². The highest BCUT2D eigenvalue weighted by atomic mass is 32.1. The van der Waals surface area contributed by atoms with Gasteiger partial charge in [0.1, 0.15) is 0 Å². The van der Waals surface area contributed by atoms with Crippen LogP contribution in [0.5, 0.6) is 0 Å². The van der Waals surface area contributed by atoms with E-state index in [1.807, 2.05) is 0 Å². The zero-order valence-corrected chi connectivity index (χ0v) is 11.3. The summed E-state index contributed by atoms with van der Waals surface area (Å²) in [6.45, 7) is 12.5. The average molecular weight is 225 g/mol. The summed E-state index contributed by atoms with van der Waals surface area (Å²) >= 11 is 1.77. The molecule has 1 aromatic rings. The van der Waals surface area contributed by atoms with Gasteiger partial charge in [-0.15, -0.1) is 0 Å². The Kier molecular flexibility index (Phi) is 4.35. The van der Waals surface area contributed by atoms with Crippen molar-refractivity contribution in [2.75, 3.05) is 6.54 Å². The van der Waals surface area contributed by atoms with Gasteiger partial charge >= 0.3 is 0 Å². The molecule has 0 saturated heterocycles. The van der Waals surface area contributed by atoms with Gasteiger partial charge in [0.15, 0.2) is 0 Å². The fourth-order valence-corrected chi connectivity index (χ4v) is 2.01. The van der Waals surface area contributed by atoms with Gasteiger partial charge in [0, 0.05) is 12.6 Å². The fraction of sp³-hybridized carbons (Fsp3) is 0.692. The van der Waals surface area contributed by atoms with Crippen LogP contribution < -0.4 is 5.32 Å². The lowest BCUT2D eigenvalue weighted by atomic mass is 9.81. The lowest BCUT2D eigenvalue weighted by molar-refractivity contribution is 0.230. The van der Waals surface area contributed by atoms with Gasteiger partial charge in [-0.1, -0.05) is 27.7 Å². The van der Waals surface area contributed by atoms with Crippen molar-refractivity contribution in [3.05, 3.63) is 22.4 Å². The van der Waals surface area contributed by atoms with Gasteiger partial charge in [0.25, 0.3) is 0 Å². The van der Waals surface area contributed by atoms with Crippen LogP contribution in [-0.4, -0.2) is 6.54 Å². The maximum atomic E-state index is 3.61. The second-order valence-corrected chi connectivity index (χ2v) is 6.08.